The molecule has 4 heterocycles. The van der Waals surface area contributed by atoms with E-state index in [4.69, 9.17) is 4.74 Å². The zero-order chi connectivity index (χ0) is 27.9. The van der Waals surface area contributed by atoms with Gasteiger partial charge in [0.2, 0.25) is 11.8 Å². The van der Waals surface area contributed by atoms with E-state index < -0.39 is 18.1 Å². The van der Waals surface area contributed by atoms with Gasteiger partial charge in [-0.2, -0.15) is 0 Å². The maximum Gasteiger partial charge on any atom is 0.255 e. The summed E-state index contributed by atoms with van der Waals surface area (Å²) in [5, 5.41) is 7.09. The van der Waals surface area contributed by atoms with E-state index in [9.17, 15) is 14.4 Å². The van der Waals surface area contributed by atoms with Gasteiger partial charge < -0.3 is 25.3 Å². The fourth-order valence-electron chi connectivity index (χ4n) is 6.61. The third-order valence-corrected chi connectivity index (χ3v) is 8.60. The Bertz CT molecular complexity index is 1620. The smallest absolute Gasteiger partial charge is 0.255 e. The number of amides is 3. The number of nitrogens with zero attached hydrogens (tertiary/aromatic N) is 1. The van der Waals surface area contributed by atoms with Crippen molar-refractivity contribution in [3.63, 3.8) is 0 Å². The lowest BCUT2D eigenvalue weighted by molar-refractivity contribution is -0.132. The molecule has 3 aliphatic rings. The van der Waals surface area contributed by atoms with Crippen molar-refractivity contribution in [3.05, 3.63) is 107 Å². The van der Waals surface area contributed by atoms with Crippen LogP contribution in [0.2, 0.25) is 0 Å². The molecule has 3 aromatic carbocycles. The molecule has 0 bridgehead atoms. The third kappa shape index (κ3) is 4.58. The van der Waals surface area contributed by atoms with Crippen LogP contribution in [0.5, 0.6) is 0 Å². The molecule has 0 unspecified atom stereocenters. The van der Waals surface area contributed by atoms with Crippen LogP contribution in [0.25, 0.3) is 10.9 Å². The molecule has 1 saturated heterocycles. The molecule has 3 aliphatic heterocycles. The lowest BCUT2D eigenvalue weighted by atomic mass is 9.89. The topological polar surface area (TPSA) is 104 Å². The first-order valence-electron chi connectivity index (χ1n) is 14.3. The van der Waals surface area contributed by atoms with E-state index in [1.165, 1.54) is 0 Å². The Hall–Kier alpha value is -4.43. The lowest BCUT2D eigenvalue weighted by Gasteiger charge is -2.37. The van der Waals surface area contributed by atoms with Crippen molar-refractivity contribution >= 4 is 28.6 Å². The second-order valence-electron chi connectivity index (χ2n) is 11.1. The number of hydrogen-bond acceptors (Lipinski definition) is 4. The fraction of sp³-hybridized carbons (Fsp3) is 0.303. The molecule has 0 radical (unpaired) electrons. The Labute approximate surface area is 238 Å². The van der Waals surface area contributed by atoms with E-state index >= 15 is 0 Å². The van der Waals surface area contributed by atoms with Gasteiger partial charge in [0, 0.05) is 48.2 Å². The van der Waals surface area contributed by atoms with Crippen molar-refractivity contribution in [1.82, 2.24) is 20.5 Å². The van der Waals surface area contributed by atoms with Crippen LogP contribution in [0.1, 0.15) is 51.6 Å². The number of aromatic nitrogens is 1. The van der Waals surface area contributed by atoms with Crippen molar-refractivity contribution in [3.8, 4) is 0 Å². The second-order valence-corrected chi connectivity index (χ2v) is 11.1. The monoisotopic (exact) mass is 548 g/mol. The molecule has 4 atom stereocenters. The van der Waals surface area contributed by atoms with Gasteiger partial charge in [-0.15, -0.1) is 0 Å². The first kappa shape index (κ1) is 25.5. The summed E-state index contributed by atoms with van der Waals surface area (Å²) in [5.74, 6) is -0.758. The minimum atomic E-state index is -0.797. The van der Waals surface area contributed by atoms with Gasteiger partial charge in [0.25, 0.3) is 5.91 Å². The molecule has 3 N–H and O–H groups in total. The molecule has 8 nitrogen and oxygen atoms in total. The summed E-state index contributed by atoms with van der Waals surface area (Å²) in [5.41, 5.74) is 5.40. The van der Waals surface area contributed by atoms with Crippen LogP contribution in [0.4, 0.5) is 0 Å². The number of carbonyl (C=O) groups is 3. The predicted molar refractivity (Wildman–Crippen MR) is 154 cm³/mol. The van der Waals surface area contributed by atoms with Crippen LogP contribution in [-0.4, -0.2) is 58.9 Å². The molecule has 1 fully saturated rings. The Morgan fingerprint density at radius 3 is 2.61 bits per heavy atom. The van der Waals surface area contributed by atoms with E-state index in [2.05, 4.69) is 21.7 Å². The quantitative estimate of drug-likeness (QED) is 0.328. The van der Waals surface area contributed by atoms with Crippen molar-refractivity contribution in [1.29, 1.82) is 0 Å². The highest BCUT2D eigenvalue weighted by atomic mass is 16.5. The van der Waals surface area contributed by atoms with Gasteiger partial charge in [0.15, 0.2) is 0 Å². The largest absolute Gasteiger partial charge is 0.376 e. The molecule has 7 rings (SSSR count). The molecule has 0 aliphatic carbocycles. The molecule has 41 heavy (non-hydrogen) atoms. The first-order valence-corrected chi connectivity index (χ1v) is 14.3. The highest BCUT2D eigenvalue weighted by Crippen LogP contribution is 2.46. The Morgan fingerprint density at radius 2 is 1.78 bits per heavy atom. The maximum absolute atomic E-state index is 14.2. The van der Waals surface area contributed by atoms with Gasteiger partial charge in [-0.1, -0.05) is 66.7 Å². The molecule has 8 heteroatoms. The zero-order valence-corrected chi connectivity index (χ0v) is 22.6. The number of para-hydroxylation sites is 1. The van der Waals surface area contributed by atoms with Crippen molar-refractivity contribution in [2.24, 2.45) is 0 Å². The summed E-state index contributed by atoms with van der Waals surface area (Å²) in [6.45, 7) is 1.11. The molecule has 4 aromatic rings. The number of carbonyl (C=O) groups excluding carboxylic acids is 3. The highest BCUT2D eigenvalue weighted by molar-refractivity contribution is 6.04. The van der Waals surface area contributed by atoms with Crippen LogP contribution in [0.3, 0.4) is 0 Å². The van der Waals surface area contributed by atoms with E-state index in [-0.39, 0.29) is 23.8 Å². The Morgan fingerprint density at radius 1 is 1.00 bits per heavy atom. The van der Waals surface area contributed by atoms with Crippen LogP contribution >= 0.6 is 0 Å². The van der Waals surface area contributed by atoms with Crippen molar-refractivity contribution < 1.29 is 19.1 Å². The predicted octanol–water partition coefficient (Wildman–Crippen LogP) is 3.66. The SMILES string of the molecule is O=C(NC[C@H]1CCCO1)[C@H](Cc1ccccc1)NC(=O)[C@@H]1Cc2c([nH]c3ccccc23)[C@@H]2c3ccccc3C(=O)N21. The van der Waals surface area contributed by atoms with E-state index in [1.807, 2.05) is 72.8 Å². The van der Waals surface area contributed by atoms with Gasteiger partial charge >= 0.3 is 0 Å². The number of H-pyrrole nitrogens is 1. The summed E-state index contributed by atoms with van der Waals surface area (Å²) in [7, 11) is 0. The van der Waals surface area contributed by atoms with E-state index in [0.29, 0.717) is 31.6 Å². The second kappa shape index (κ2) is 10.5. The summed E-state index contributed by atoms with van der Waals surface area (Å²) in [6.07, 6.45) is 2.58. The third-order valence-electron chi connectivity index (χ3n) is 8.60. The Kier molecular flexibility index (Phi) is 6.55. The molecule has 0 spiro atoms. The van der Waals surface area contributed by atoms with Crippen LogP contribution in [0.15, 0.2) is 78.9 Å². The number of benzene rings is 3. The van der Waals surface area contributed by atoms with Gasteiger partial charge in [-0.25, -0.2) is 0 Å². The van der Waals surface area contributed by atoms with Crippen LogP contribution in [0, 0.1) is 0 Å². The zero-order valence-electron chi connectivity index (χ0n) is 22.6. The average Bonchev–Trinajstić information content (AvgIpc) is 3.73. The van der Waals surface area contributed by atoms with Gasteiger partial charge in [0.05, 0.1) is 12.1 Å². The van der Waals surface area contributed by atoms with Gasteiger partial charge in [0.1, 0.15) is 12.1 Å². The molecule has 0 saturated carbocycles. The maximum atomic E-state index is 14.2. The first-order chi connectivity index (χ1) is 20.1. The number of rotatable bonds is 7. The van der Waals surface area contributed by atoms with Gasteiger partial charge in [-0.05, 0) is 41.7 Å². The molecule has 1 aromatic heterocycles. The van der Waals surface area contributed by atoms with Crippen molar-refractivity contribution in [2.75, 3.05) is 13.2 Å². The molecular weight excluding hydrogens is 516 g/mol. The summed E-state index contributed by atoms with van der Waals surface area (Å²) in [6, 6.07) is 23.3. The molecule has 3 amide bonds. The van der Waals surface area contributed by atoms with E-state index in [1.54, 1.807) is 4.90 Å². The molecular formula is C33H32N4O4. The summed E-state index contributed by atoms with van der Waals surface area (Å²) < 4.78 is 5.68. The molecule has 208 valence electrons. The normalized spacial score (nSPS) is 21.7. The van der Waals surface area contributed by atoms with Crippen LogP contribution < -0.4 is 10.6 Å². The standard InChI is InChI=1S/C33H32N4O4/c38-31(34-19-21-11-8-16-41-21)27(17-20-9-2-1-3-10-20)36-32(39)28-18-25-22-12-6-7-15-26(22)35-29(25)30-23-13-4-5-14-24(23)33(40)37(28)30/h1-7,9-10,12-15,21,27-28,30,35H,8,11,16-19H2,(H,34,38)(H,36,39)/t21-,27+,28+,30+/m1/s1. The average molecular weight is 549 g/mol. The minimum absolute atomic E-state index is 0.00727. The number of fused-ring (bicyclic) bond motifs is 7. The number of nitrogens with one attached hydrogen (secondary N) is 3. The lowest BCUT2D eigenvalue weighted by Crippen LogP contribution is -2.57. The number of aromatic amines is 1. The summed E-state index contributed by atoms with van der Waals surface area (Å²) in [4.78, 5) is 46.6. The van der Waals surface area contributed by atoms with Crippen molar-refractivity contribution in [2.45, 2.75) is 49.9 Å². The van der Waals surface area contributed by atoms with E-state index in [0.717, 1.165) is 46.1 Å². The summed E-state index contributed by atoms with van der Waals surface area (Å²) >= 11 is 0. The fourth-order valence-corrected chi connectivity index (χ4v) is 6.61. The Balaban J connectivity index is 1.21. The number of hydrogen-bond donors (Lipinski definition) is 3. The highest BCUT2D eigenvalue weighted by Gasteiger charge is 2.49. The number of ether oxygens (including phenoxy) is 1. The van der Waals surface area contributed by atoms with Crippen LogP contribution in [-0.2, 0) is 27.2 Å². The minimum Gasteiger partial charge on any atom is -0.376 e. The van der Waals surface area contributed by atoms with Gasteiger partial charge in [-0.3, -0.25) is 14.4 Å².